The molecule has 0 atom stereocenters. The van der Waals surface area contributed by atoms with Crippen LogP contribution in [0, 0.1) is 0 Å². The van der Waals surface area contributed by atoms with Crippen molar-refractivity contribution >= 4 is 22.9 Å². The molecule has 0 saturated heterocycles. The fourth-order valence-electron chi connectivity index (χ4n) is 1.53. The van der Waals surface area contributed by atoms with E-state index in [0.29, 0.717) is 29.5 Å². The molecule has 1 aromatic heterocycles. The highest BCUT2D eigenvalue weighted by atomic mass is 32.1. The predicted octanol–water partition coefficient (Wildman–Crippen LogP) is 2.15. The van der Waals surface area contributed by atoms with E-state index in [2.05, 4.69) is 5.32 Å². The van der Waals surface area contributed by atoms with E-state index in [1.807, 2.05) is 0 Å². The molecule has 2 aromatic rings. The van der Waals surface area contributed by atoms with Gasteiger partial charge >= 0.3 is 0 Å². The summed E-state index contributed by atoms with van der Waals surface area (Å²) in [7, 11) is 1.57. The Balaban J connectivity index is 1.72. The van der Waals surface area contributed by atoms with Crippen LogP contribution in [0.3, 0.4) is 0 Å². The van der Waals surface area contributed by atoms with Gasteiger partial charge in [0.1, 0.15) is 18.1 Å². The molecule has 0 spiro atoms. The lowest BCUT2D eigenvalue weighted by atomic mass is 10.3. The van der Waals surface area contributed by atoms with Crippen LogP contribution in [0.4, 0.5) is 5.69 Å². The Kier molecular flexibility index (Phi) is 4.84. The SMILES string of the molecule is COc1csc(C(=O)NCCOc2ccc(N)cc2)c1. The lowest BCUT2D eigenvalue weighted by molar-refractivity contribution is 0.0951. The van der Waals surface area contributed by atoms with Crippen LogP contribution < -0.4 is 20.5 Å². The number of carbonyl (C=O) groups excluding carboxylic acids is 1. The van der Waals surface area contributed by atoms with Gasteiger partial charge in [-0.15, -0.1) is 11.3 Å². The summed E-state index contributed by atoms with van der Waals surface area (Å²) in [5, 5.41) is 4.58. The topological polar surface area (TPSA) is 73.6 Å². The van der Waals surface area contributed by atoms with Crippen molar-refractivity contribution < 1.29 is 14.3 Å². The highest BCUT2D eigenvalue weighted by Gasteiger charge is 2.08. The minimum absolute atomic E-state index is 0.126. The minimum Gasteiger partial charge on any atom is -0.496 e. The van der Waals surface area contributed by atoms with E-state index in [0.717, 1.165) is 5.75 Å². The van der Waals surface area contributed by atoms with Crippen molar-refractivity contribution in [3.63, 3.8) is 0 Å². The van der Waals surface area contributed by atoms with Crippen molar-refractivity contribution in [2.45, 2.75) is 0 Å². The standard InChI is InChI=1S/C14H16N2O3S/c1-18-12-8-13(20-9-12)14(17)16-6-7-19-11-4-2-10(15)3-5-11/h2-5,8-9H,6-7,15H2,1H3,(H,16,17). The molecule has 0 unspecified atom stereocenters. The molecule has 1 aromatic carbocycles. The van der Waals surface area contributed by atoms with Crippen LogP contribution in [0.25, 0.3) is 0 Å². The molecular formula is C14H16N2O3S. The molecular weight excluding hydrogens is 276 g/mol. The zero-order chi connectivity index (χ0) is 14.4. The van der Waals surface area contributed by atoms with Crippen molar-refractivity contribution in [2.24, 2.45) is 0 Å². The predicted molar refractivity (Wildman–Crippen MR) is 79.6 cm³/mol. The molecule has 5 nitrogen and oxygen atoms in total. The van der Waals surface area contributed by atoms with Crippen LogP contribution in [0.1, 0.15) is 9.67 Å². The van der Waals surface area contributed by atoms with E-state index >= 15 is 0 Å². The quantitative estimate of drug-likeness (QED) is 0.632. The number of hydrogen-bond donors (Lipinski definition) is 2. The molecule has 0 radical (unpaired) electrons. The number of carbonyl (C=O) groups is 1. The van der Waals surface area contributed by atoms with E-state index in [-0.39, 0.29) is 5.91 Å². The van der Waals surface area contributed by atoms with Gasteiger partial charge in [0.2, 0.25) is 0 Å². The van der Waals surface area contributed by atoms with Gasteiger partial charge in [-0.05, 0) is 24.3 Å². The molecule has 0 fully saturated rings. The molecule has 2 rings (SSSR count). The highest BCUT2D eigenvalue weighted by Crippen LogP contribution is 2.20. The van der Waals surface area contributed by atoms with E-state index in [4.69, 9.17) is 15.2 Å². The first kappa shape index (κ1) is 14.2. The fraction of sp³-hybridized carbons (Fsp3) is 0.214. The maximum absolute atomic E-state index is 11.8. The summed E-state index contributed by atoms with van der Waals surface area (Å²) in [6.07, 6.45) is 0. The van der Waals surface area contributed by atoms with Crippen LogP contribution in [0.2, 0.25) is 0 Å². The average molecular weight is 292 g/mol. The number of amides is 1. The second kappa shape index (κ2) is 6.81. The Hall–Kier alpha value is -2.21. The van der Waals surface area contributed by atoms with Gasteiger partial charge in [0.25, 0.3) is 5.91 Å². The minimum atomic E-state index is -0.126. The van der Waals surface area contributed by atoms with Gasteiger partial charge in [0.05, 0.1) is 18.5 Å². The number of anilines is 1. The second-order valence-electron chi connectivity index (χ2n) is 4.02. The van der Waals surface area contributed by atoms with E-state index in [1.54, 1.807) is 42.8 Å². The third-order valence-corrected chi connectivity index (χ3v) is 3.48. The number of hydrogen-bond acceptors (Lipinski definition) is 5. The molecule has 0 aliphatic rings. The molecule has 3 N–H and O–H groups in total. The van der Waals surface area contributed by atoms with Crippen LogP contribution in [0.15, 0.2) is 35.7 Å². The smallest absolute Gasteiger partial charge is 0.261 e. The summed E-state index contributed by atoms with van der Waals surface area (Å²) in [5.41, 5.74) is 6.27. The highest BCUT2D eigenvalue weighted by molar-refractivity contribution is 7.12. The zero-order valence-corrected chi connectivity index (χ0v) is 11.9. The molecule has 1 amide bonds. The number of nitrogen functional groups attached to an aromatic ring is 1. The Bertz CT molecular complexity index is 566. The van der Waals surface area contributed by atoms with E-state index in [1.165, 1.54) is 11.3 Å². The maximum Gasteiger partial charge on any atom is 0.261 e. The van der Waals surface area contributed by atoms with Crippen LogP contribution >= 0.6 is 11.3 Å². The second-order valence-corrected chi connectivity index (χ2v) is 4.94. The van der Waals surface area contributed by atoms with Crippen molar-refractivity contribution in [3.8, 4) is 11.5 Å². The van der Waals surface area contributed by atoms with Gasteiger partial charge in [-0.2, -0.15) is 0 Å². The molecule has 6 heteroatoms. The first-order valence-corrected chi connectivity index (χ1v) is 6.96. The number of benzene rings is 1. The summed E-state index contributed by atoms with van der Waals surface area (Å²) in [6, 6.07) is 8.83. The summed E-state index contributed by atoms with van der Waals surface area (Å²) < 4.78 is 10.5. The first-order valence-electron chi connectivity index (χ1n) is 6.08. The third kappa shape index (κ3) is 3.89. The molecule has 106 valence electrons. The number of nitrogens with two attached hydrogens (primary N) is 1. The summed E-state index contributed by atoms with van der Waals surface area (Å²) in [5.74, 6) is 1.30. The first-order chi connectivity index (χ1) is 9.69. The molecule has 0 aliphatic carbocycles. The van der Waals surface area contributed by atoms with Crippen molar-refractivity contribution in [2.75, 3.05) is 26.0 Å². The molecule has 0 bridgehead atoms. The number of ether oxygens (including phenoxy) is 2. The number of rotatable bonds is 6. The average Bonchev–Trinajstić information content (AvgIpc) is 2.94. The van der Waals surface area contributed by atoms with E-state index < -0.39 is 0 Å². The number of methoxy groups -OCH3 is 1. The third-order valence-electron chi connectivity index (χ3n) is 2.57. The number of thiophene rings is 1. The summed E-state index contributed by atoms with van der Waals surface area (Å²) in [4.78, 5) is 12.4. The van der Waals surface area contributed by atoms with Crippen molar-refractivity contribution in [1.82, 2.24) is 5.32 Å². The van der Waals surface area contributed by atoms with Gasteiger partial charge in [-0.3, -0.25) is 4.79 Å². The summed E-state index contributed by atoms with van der Waals surface area (Å²) in [6.45, 7) is 0.835. The Morgan fingerprint density at radius 3 is 2.70 bits per heavy atom. The van der Waals surface area contributed by atoms with Gasteiger partial charge in [0, 0.05) is 17.1 Å². The lowest BCUT2D eigenvalue weighted by Gasteiger charge is -2.07. The van der Waals surface area contributed by atoms with Crippen LogP contribution in [-0.4, -0.2) is 26.2 Å². The summed E-state index contributed by atoms with van der Waals surface area (Å²) >= 11 is 1.35. The van der Waals surface area contributed by atoms with Gasteiger partial charge < -0.3 is 20.5 Å². The lowest BCUT2D eigenvalue weighted by Crippen LogP contribution is -2.27. The van der Waals surface area contributed by atoms with E-state index in [9.17, 15) is 4.79 Å². The number of nitrogens with one attached hydrogen (secondary N) is 1. The largest absolute Gasteiger partial charge is 0.496 e. The van der Waals surface area contributed by atoms with Crippen LogP contribution in [0.5, 0.6) is 11.5 Å². The van der Waals surface area contributed by atoms with Gasteiger partial charge in [-0.1, -0.05) is 0 Å². The monoisotopic (exact) mass is 292 g/mol. The van der Waals surface area contributed by atoms with Gasteiger partial charge in [0.15, 0.2) is 0 Å². The van der Waals surface area contributed by atoms with Crippen molar-refractivity contribution in [1.29, 1.82) is 0 Å². The molecule has 0 saturated carbocycles. The molecule has 0 aliphatic heterocycles. The molecule has 20 heavy (non-hydrogen) atoms. The van der Waals surface area contributed by atoms with Crippen LogP contribution in [-0.2, 0) is 0 Å². The Morgan fingerprint density at radius 2 is 2.05 bits per heavy atom. The fourth-order valence-corrected chi connectivity index (χ4v) is 2.30. The molecule has 1 heterocycles. The van der Waals surface area contributed by atoms with Crippen molar-refractivity contribution in [3.05, 3.63) is 40.6 Å². The normalized spacial score (nSPS) is 10.1. The zero-order valence-electron chi connectivity index (χ0n) is 11.1. The van der Waals surface area contributed by atoms with Gasteiger partial charge in [-0.25, -0.2) is 0 Å². The maximum atomic E-state index is 11.8. The Labute approximate surface area is 121 Å². The Morgan fingerprint density at radius 1 is 1.30 bits per heavy atom.